The molecule has 0 saturated heterocycles. The lowest BCUT2D eigenvalue weighted by molar-refractivity contribution is 0.0508. The first-order valence-electron chi connectivity index (χ1n) is 5.50. The molecular formula is C12H11BrN2O4. The van der Waals surface area contributed by atoms with Crippen LogP contribution >= 0.6 is 15.9 Å². The molecule has 0 fully saturated rings. The summed E-state index contributed by atoms with van der Waals surface area (Å²) in [5.74, 6) is 0.231. The van der Waals surface area contributed by atoms with E-state index in [0.717, 1.165) is 4.47 Å². The fourth-order valence-corrected chi connectivity index (χ4v) is 1.96. The van der Waals surface area contributed by atoms with Crippen molar-refractivity contribution in [1.82, 2.24) is 10.1 Å². The second-order valence-electron chi connectivity index (χ2n) is 3.49. The SMILES string of the molecule is CCOC(=O)c1noc(-c2ccc(OC)c(Br)c2)n1. The van der Waals surface area contributed by atoms with Gasteiger partial charge in [0.25, 0.3) is 11.7 Å². The van der Waals surface area contributed by atoms with Crippen LogP contribution in [0.1, 0.15) is 17.5 Å². The van der Waals surface area contributed by atoms with Crippen LogP contribution in [0.4, 0.5) is 0 Å². The van der Waals surface area contributed by atoms with Crippen molar-refractivity contribution in [3.8, 4) is 17.2 Å². The van der Waals surface area contributed by atoms with Gasteiger partial charge in [-0.15, -0.1) is 0 Å². The number of carbonyl (C=O) groups excluding carboxylic acids is 1. The Hall–Kier alpha value is -1.89. The maximum absolute atomic E-state index is 11.4. The monoisotopic (exact) mass is 326 g/mol. The van der Waals surface area contributed by atoms with Crippen LogP contribution in [0.15, 0.2) is 27.2 Å². The standard InChI is InChI=1S/C12H11BrN2O4/c1-3-18-12(16)10-14-11(19-15-10)7-4-5-9(17-2)8(13)6-7/h4-6H,3H2,1-2H3. The Morgan fingerprint density at radius 3 is 2.89 bits per heavy atom. The summed E-state index contributed by atoms with van der Waals surface area (Å²) >= 11 is 3.36. The van der Waals surface area contributed by atoms with Crippen molar-refractivity contribution in [2.75, 3.05) is 13.7 Å². The molecule has 1 aromatic heterocycles. The van der Waals surface area contributed by atoms with E-state index in [0.29, 0.717) is 11.3 Å². The van der Waals surface area contributed by atoms with Gasteiger partial charge in [0.15, 0.2) is 0 Å². The van der Waals surface area contributed by atoms with Gasteiger partial charge in [0.05, 0.1) is 18.2 Å². The largest absolute Gasteiger partial charge is 0.496 e. The predicted octanol–water partition coefficient (Wildman–Crippen LogP) is 2.68. The first-order valence-corrected chi connectivity index (χ1v) is 6.29. The first-order chi connectivity index (χ1) is 9.15. The zero-order valence-corrected chi connectivity index (χ0v) is 11.9. The summed E-state index contributed by atoms with van der Waals surface area (Å²) in [6.07, 6.45) is 0. The normalized spacial score (nSPS) is 10.3. The lowest BCUT2D eigenvalue weighted by Gasteiger charge is -2.03. The molecule has 0 atom stereocenters. The number of hydrogen-bond donors (Lipinski definition) is 0. The van der Waals surface area contributed by atoms with Crippen LogP contribution in [-0.4, -0.2) is 29.8 Å². The average molecular weight is 327 g/mol. The number of esters is 1. The molecular weight excluding hydrogens is 316 g/mol. The first kappa shape index (κ1) is 13.5. The van der Waals surface area contributed by atoms with Crippen molar-refractivity contribution >= 4 is 21.9 Å². The smallest absolute Gasteiger partial charge is 0.379 e. The molecule has 2 aromatic rings. The minimum Gasteiger partial charge on any atom is -0.496 e. The van der Waals surface area contributed by atoms with E-state index in [-0.39, 0.29) is 18.3 Å². The Kier molecular flexibility index (Phi) is 4.16. The van der Waals surface area contributed by atoms with Gasteiger partial charge in [-0.25, -0.2) is 4.79 Å². The molecule has 0 saturated carbocycles. The number of ether oxygens (including phenoxy) is 2. The van der Waals surface area contributed by atoms with Crippen molar-refractivity contribution in [2.24, 2.45) is 0 Å². The summed E-state index contributed by atoms with van der Waals surface area (Å²) in [4.78, 5) is 15.4. The quantitative estimate of drug-likeness (QED) is 0.804. The third kappa shape index (κ3) is 2.93. The Bertz CT molecular complexity index is 597. The number of nitrogens with zero attached hydrogens (tertiary/aromatic N) is 2. The minimum atomic E-state index is -0.606. The molecule has 0 N–H and O–H groups in total. The van der Waals surface area contributed by atoms with E-state index in [1.807, 2.05) is 0 Å². The highest BCUT2D eigenvalue weighted by molar-refractivity contribution is 9.10. The van der Waals surface area contributed by atoms with Crippen molar-refractivity contribution in [2.45, 2.75) is 6.92 Å². The van der Waals surface area contributed by atoms with Gasteiger partial charge in [0, 0.05) is 5.56 Å². The number of methoxy groups -OCH3 is 1. The second-order valence-corrected chi connectivity index (χ2v) is 4.35. The summed E-state index contributed by atoms with van der Waals surface area (Å²) in [5.41, 5.74) is 0.677. The van der Waals surface area contributed by atoms with Crippen LogP contribution in [0.2, 0.25) is 0 Å². The van der Waals surface area contributed by atoms with Gasteiger partial charge >= 0.3 is 5.97 Å². The molecule has 0 unspecified atom stereocenters. The number of aromatic nitrogens is 2. The van der Waals surface area contributed by atoms with Gasteiger partial charge in [0.1, 0.15) is 5.75 Å². The summed E-state index contributed by atoms with van der Waals surface area (Å²) in [6.45, 7) is 1.97. The lowest BCUT2D eigenvalue weighted by atomic mass is 10.2. The fourth-order valence-electron chi connectivity index (χ4n) is 1.42. The van der Waals surface area contributed by atoms with Crippen molar-refractivity contribution in [3.05, 3.63) is 28.5 Å². The maximum atomic E-state index is 11.4. The molecule has 0 radical (unpaired) electrons. The van der Waals surface area contributed by atoms with Gasteiger partial charge in [-0.2, -0.15) is 4.98 Å². The third-order valence-corrected chi connectivity index (χ3v) is 2.90. The van der Waals surface area contributed by atoms with Gasteiger partial charge in [-0.1, -0.05) is 0 Å². The van der Waals surface area contributed by atoms with Crippen LogP contribution in [0.25, 0.3) is 11.5 Å². The Morgan fingerprint density at radius 2 is 2.26 bits per heavy atom. The van der Waals surface area contributed by atoms with E-state index < -0.39 is 5.97 Å². The number of benzene rings is 1. The Morgan fingerprint density at radius 1 is 1.47 bits per heavy atom. The molecule has 1 aromatic carbocycles. The summed E-state index contributed by atoms with van der Waals surface area (Å²) in [7, 11) is 1.57. The molecule has 19 heavy (non-hydrogen) atoms. The van der Waals surface area contributed by atoms with Crippen molar-refractivity contribution in [3.63, 3.8) is 0 Å². The van der Waals surface area contributed by atoms with Crippen molar-refractivity contribution < 1.29 is 18.8 Å². The van der Waals surface area contributed by atoms with Crippen LogP contribution in [0.5, 0.6) is 5.75 Å². The second kappa shape index (κ2) is 5.83. The van der Waals surface area contributed by atoms with E-state index in [2.05, 4.69) is 26.1 Å². The van der Waals surface area contributed by atoms with E-state index in [9.17, 15) is 4.79 Å². The average Bonchev–Trinajstić information content (AvgIpc) is 2.88. The minimum absolute atomic E-state index is 0.0937. The fraction of sp³-hybridized carbons (Fsp3) is 0.250. The van der Waals surface area contributed by atoms with E-state index in [4.69, 9.17) is 14.0 Å². The number of hydrogen-bond acceptors (Lipinski definition) is 6. The molecule has 100 valence electrons. The van der Waals surface area contributed by atoms with E-state index >= 15 is 0 Å². The third-order valence-electron chi connectivity index (χ3n) is 2.28. The molecule has 1 heterocycles. The predicted molar refractivity (Wildman–Crippen MR) is 69.9 cm³/mol. The van der Waals surface area contributed by atoms with Crippen molar-refractivity contribution in [1.29, 1.82) is 0 Å². The number of rotatable bonds is 4. The molecule has 0 bridgehead atoms. The summed E-state index contributed by atoms with van der Waals surface area (Å²) in [6, 6.07) is 5.28. The lowest BCUT2D eigenvalue weighted by Crippen LogP contribution is -2.06. The van der Waals surface area contributed by atoms with E-state index in [1.165, 1.54) is 0 Å². The number of halogens is 1. The van der Waals surface area contributed by atoms with Crippen LogP contribution in [0, 0.1) is 0 Å². The molecule has 0 amide bonds. The molecule has 0 aliphatic carbocycles. The van der Waals surface area contributed by atoms with E-state index in [1.54, 1.807) is 32.2 Å². The Labute approximate surface area is 117 Å². The van der Waals surface area contributed by atoms with Crippen LogP contribution in [-0.2, 0) is 4.74 Å². The Balaban J connectivity index is 2.27. The van der Waals surface area contributed by atoms with Crippen LogP contribution in [0.3, 0.4) is 0 Å². The highest BCUT2D eigenvalue weighted by atomic mass is 79.9. The van der Waals surface area contributed by atoms with Gasteiger partial charge < -0.3 is 14.0 Å². The maximum Gasteiger partial charge on any atom is 0.379 e. The zero-order chi connectivity index (χ0) is 13.8. The molecule has 0 aliphatic rings. The molecule has 0 spiro atoms. The highest BCUT2D eigenvalue weighted by Gasteiger charge is 2.17. The summed E-state index contributed by atoms with van der Waals surface area (Å²) in [5, 5.41) is 3.58. The topological polar surface area (TPSA) is 74.5 Å². The summed E-state index contributed by atoms with van der Waals surface area (Å²) < 4.78 is 15.7. The molecule has 7 heteroatoms. The molecule has 0 aliphatic heterocycles. The molecule has 2 rings (SSSR count). The van der Waals surface area contributed by atoms with Crippen LogP contribution < -0.4 is 4.74 Å². The van der Waals surface area contributed by atoms with Gasteiger partial charge in [-0.3, -0.25) is 0 Å². The number of carbonyl (C=O) groups is 1. The zero-order valence-electron chi connectivity index (χ0n) is 10.3. The highest BCUT2D eigenvalue weighted by Crippen LogP contribution is 2.29. The van der Waals surface area contributed by atoms with Gasteiger partial charge in [0.2, 0.25) is 0 Å². The molecule has 6 nitrogen and oxygen atoms in total. The van der Waals surface area contributed by atoms with Gasteiger partial charge in [-0.05, 0) is 46.2 Å².